The van der Waals surface area contributed by atoms with Crippen LogP contribution in [0.5, 0.6) is 0 Å². The van der Waals surface area contributed by atoms with Gasteiger partial charge in [0.25, 0.3) is 0 Å². The van der Waals surface area contributed by atoms with Crippen LogP contribution in [0.3, 0.4) is 0 Å². The fourth-order valence-corrected chi connectivity index (χ4v) is 3.06. The van der Waals surface area contributed by atoms with Gasteiger partial charge in [-0.1, -0.05) is 31.0 Å². The number of anilines is 1. The van der Waals surface area contributed by atoms with Crippen molar-refractivity contribution in [1.29, 1.82) is 0 Å². The van der Waals surface area contributed by atoms with E-state index in [0.717, 1.165) is 18.5 Å². The fraction of sp³-hybridized carbons (Fsp3) is 0.462. The Kier molecular flexibility index (Phi) is 1.70. The molecule has 1 aromatic carbocycles. The summed E-state index contributed by atoms with van der Waals surface area (Å²) in [5.74, 6) is 0.226. The van der Waals surface area contributed by atoms with Crippen LogP contribution in [-0.4, -0.2) is 5.91 Å². The number of fused-ring (bicyclic) bond motifs is 2. The summed E-state index contributed by atoms with van der Waals surface area (Å²) in [4.78, 5) is 12.1. The number of aryl methyl sites for hydroxylation is 1. The molecule has 1 aromatic rings. The zero-order chi connectivity index (χ0) is 10.5. The molecular weight excluding hydrogens is 186 g/mol. The van der Waals surface area contributed by atoms with Gasteiger partial charge >= 0.3 is 0 Å². The van der Waals surface area contributed by atoms with Gasteiger partial charge in [0.15, 0.2) is 0 Å². The lowest BCUT2D eigenvalue weighted by atomic mass is 9.80. The Labute approximate surface area is 89.7 Å². The number of hydrogen-bond donors (Lipinski definition) is 1. The first-order valence-electron chi connectivity index (χ1n) is 5.66. The van der Waals surface area contributed by atoms with Crippen molar-refractivity contribution < 1.29 is 4.79 Å². The molecule has 1 fully saturated rings. The zero-order valence-electron chi connectivity index (χ0n) is 8.97. The number of para-hydroxylation sites is 1. The third kappa shape index (κ3) is 1.02. The Morgan fingerprint density at radius 3 is 2.73 bits per heavy atom. The predicted octanol–water partition coefficient (Wildman–Crippen LogP) is 2.76. The van der Waals surface area contributed by atoms with Crippen LogP contribution in [0.2, 0.25) is 0 Å². The van der Waals surface area contributed by atoms with Crippen LogP contribution in [0.15, 0.2) is 18.2 Å². The molecule has 1 saturated carbocycles. The van der Waals surface area contributed by atoms with E-state index < -0.39 is 0 Å². The number of amides is 1. The van der Waals surface area contributed by atoms with Gasteiger partial charge in [-0.05, 0) is 30.9 Å². The Hall–Kier alpha value is -1.31. The molecule has 3 rings (SSSR count). The van der Waals surface area contributed by atoms with Crippen LogP contribution in [0.1, 0.15) is 36.8 Å². The van der Waals surface area contributed by atoms with Crippen LogP contribution in [0.4, 0.5) is 5.69 Å². The maximum Gasteiger partial charge on any atom is 0.235 e. The molecule has 1 aliphatic carbocycles. The number of carbonyl (C=O) groups is 1. The average Bonchev–Trinajstić information content (AvgIpc) is 2.79. The molecule has 15 heavy (non-hydrogen) atoms. The Bertz CT molecular complexity index is 430. The normalized spacial score (nSPS) is 21.8. The second kappa shape index (κ2) is 2.84. The van der Waals surface area contributed by atoms with Gasteiger partial charge in [-0.3, -0.25) is 4.79 Å². The monoisotopic (exact) mass is 201 g/mol. The van der Waals surface area contributed by atoms with Gasteiger partial charge in [-0.15, -0.1) is 0 Å². The summed E-state index contributed by atoms with van der Waals surface area (Å²) in [5.41, 5.74) is 3.32. The summed E-state index contributed by atoms with van der Waals surface area (Å²) in [7, 11) is 0. The molecule has 78 valence electrons. The van der Waals surface area contributed by atoms with E-state index in [1.54, 1.807) is 0 Å². The maximum atomic E-state index is 12.1. The molecule has 0 atom stereocenters. The fourth-order valence-electron chi connectivity index (χ4n) is 3.06. The SMILES string of the molecule is Cc1cccc2c1NC(=O)C21CCCC1. The highest BCUT2D eigenvalue weighted by molar-refractivity contribution is 6.07. The molecule has 2 aliphatic rings. The first-order valence-corrected chi connectivity index (χ1v) is 5.66. The third-order valence-corrected chi connectivity index (χ3v) is 3.92. The van der Waals surface area contributed by atoms with Crippen LogP contribution in [-0.2, 0) is 10.2 Å². The lowest BCUT2D eigenvalue weighted by Gasteiger charge is -2.20. The molecule has 0 saturated heterocycles. The molecular formula is C13H15NO. The van der Waals surface area contributed by atoms with Crippen molar-refractivity contribution in [2.24, 2.45) is 0 Å². The van der Waals surface area contributed by atoms with Crippen molar-refractivity contribution in [1.82, 2.24) is 0 Å². The van der Waals surface area contributed by atoms with Gasteiger partial charge in [0.2, 0.25) is 5.91 Å². The zero-order valence-corrected chi connectivity index (χ0v) is 8.97. The van der Waals surface area contributed by atoms with Crippen molar-refractivity contribution in [3.63, 3.8) is 0 Å². The topological polar surface area (TPSA) is 29.1 Å². The lowest BCUT2D eigenvalue weighted by molar-refractivity contribution is -0.120. The van der Waals surface area contributed by atoms with Gasteiger partial charge in [-0.25, -0.2) is 0 Å². The molecule has 1 aliphatic heterocycles. The van der Waals surface area contributed by atoms with E-state index in [1.165, 1.54) is 24.0 Å². The summed E-state index contributed by atoms with van der Waals surface area (Å²) < 4.78 is 0. The largest absolute Gasteiger partial charge is 0.325 e. The van der Waals surface area contributed by atoms with E-state index in [2.05, 4.69) is 30.4 Å². The highest BCUT2D eigenvalue weighted by Crippen LogP contribution is 2.49. The van der Waals surface area contributed by atoms with Gasteiger partial charge in [0.05, 0.1) is 5.41 Å². The Morgan fingerprint density at radius 2 is 2.00 bits per heavy atom. The van der Waals surface area contributed by atoms with E-state index in [0.29, 0.717) is 0 Å². The first kappa shape index (κ1) is 8.96. The molecule has 1 N–H and O–H groups in total. The van der Waals surface area contributed by atoms with E-state index >= 15 is 0 Å². The van der Waals surface area contributed by atoms with Crippen molar-refractivity contribution in [2.75, 3.05) is 5.32 Å². The maximum absolute atomic E-state index is 12.1. The van der Waals surface area contributed by atoms with Gasteiger partial charge in [0.1, 0.15) is 0 Å². The standard InChI is InChI=1S/C13H15NO/c1-9-5-4-6-10-11(9)14-12(15)13(10)7-2-3-8-13/h4-6H,2-3,7-8H2,1H3,(H,14,15). The van der Waals surface area contributed by atoms with Crippen molar-refractivity contribution in [3.8, 4) is 0 Å². The summed E-state index contributed by atoms with van der Waals surface area (Å²) in [5, 5.41) is 3.06. The Balaban J connectivity index is 2.21. The van der Waals surface area contributed by atoms with Crippen molar-refractivity contribution >= 4 is 11.6 Å². The second-order valence-corrected chi connectivity index (χ2v) is 4.74. The minimum Gasteiger partial charge on any atom is -0.325 e. The first-order chi connectivity index (χ1) is 7.24. The molecule has 2 nitrogen and oxygen atoms in total. The molecule has 0 bridgehead atoms. The molecule has 0 aromatic heterocycles. The molecule has 1 amide bonds. The minimum atomic E-state index is -0.179. The van der Waals surface area contributed by atoms with Crippen molar-refractivity contribution in [2.45, 2.75) is 38.0 Å². The van der Waals surface area contributed by atoms with Crippen LogP contribution >= 0.6 is 0 Å². The smallest absolute Gasteiger partial charge is 0.235 e. The molecule has 1 spiro atoms. The van der Waals surface area contributed by atoms with E-state index in [9.17, 15) is 4.79 Å². The number of benzene rings is 1. The molecule has 1 heterocycles. The van der Waals surface area contributed by atoms with Gasteiger partial charge < -0.3 is 5.32 Å². The van der Waals surface area contributed by atoms with Crippen LogP contribution in [0.25, 0.3) is 0 Å². The summed E-state index contributed by atoms with van der Waals surface area (Å²) in [6, 6.07) is 6.24. The molecule has 2 heteroatoms. The third-order valence-electron chi connectivity index (χ3n) is 3.92. The number of hydrogen-bond acceptors (Lipinski definition) is 1. The quantitative estimate of drug-likeness (QED) is 0.687. The van der Waals surface area contributed by atoms with Crippen LogP contribution < -0.4 is 5.32 Å². The van der Waals surface area contributed by atoms with Gasteiger partial charge in [0, 0.05) is 5.69 Å². The summed E-state index contributed by atoms with van der Waals surface area (Å²) in [6.07, 6.45) is 4.41. The van der Waals surface area contributed by atoms with E-state index in [-0.39, 0.29) is 11.3 Å². The molecule has 0 unspecified atom stereocenters. The van der Waals surface area contributed by atoms with E-state index in [4.69, 9.17) is 0 Å². The van der Waals surface area contributed by atoms with E-state index in [1.807, 2.05) is 0 Å². The highest BCUT2D eigenvalue weighted by atomic mass is 16.2. The average molecular weight is 201 g/mol. The number of nitrogens with one attached hydrogen (secondary N) is 1. The highest BCUT2D eigenvalue weighted by Gasteiger charge is 2.48. The summed E-state index contributed by atoms with van der Waals surface area (Å²) >= 11 is 0. The summed E-state index contributed by atoms with van der Waals surface area (Å²) in [6.45, 7) is 2.06. The predicted molar refractivity (Wildman–Crippen MR) is 60.0 cm³/mol. The number of carbonyl (C=O) groups excluding carboxylic acids is 1. The number of rotatable bonds is 0. The van der Waals surface area contributed by atoms with Crippen LogP contribution in [0, 0.1) is 6.92 Å². The lowest BCUT2D eigenvalue weighted by Crippen LogP contribution is -2.30. The Morgan fingerprint density at radius 1 is 1.27 bits per heavy atom. The van der Waals surface area contributed by atoms with Gasteiger partial charge in [-0.2, -0.15) is 0 Å². The molecule has 0 radical (unpaired) electrons. The minimum absolute atomic E-state index is 0.179. The second-order valence-electron chi connectivity index (χ2n) is 4.74. The van der Waals surface area contributed by atoms with Crippen molar-refractivity contribution in [3.05, 3.63) is 29.3 Å².